The average Bonchev–Trinajstić information content (AvgIpc) is 2.43. The third kappa shape index (κ3) is 15.2. The molecule has 0 aromatic rings. The van der Waals surface area contributed by atoms with Gasteiger partial charge >= 0.3 is 6.09 Å². The van der Waals surface area contributed by atoms with Gasteiger partial charge in [-0.05, 0) is 6.42 Å². The lowest BCUT2D eigenvalue weighted by molar-refractivity contribution is 0.0878. The Labute approximate surface area is 117 Å². The van der Waals surface area contributed by atoms with Gasteiger partial charge in [-0.1, -0.05) is 77.6 Å². The number of hydrogen-bond donors (Lipinski definition) is 2. The highest BCUT2D eigenvalue weighted by Crippen LogP contribution is 2.11. The van der Waals surface area contributed by atoms with Gasteiger partial charge in [-0.15, -0.1) is 0 Å². The van der Waals surface area contributed by atoms with Gasteiger partial charge in [0.1, 0.15) is 0 Å². The van der Waals surface area contributed by atoms with Crippen LogP contribution in [0, 0.1) is 0 Å². The van der Waals surface area contributed by atoms with Crippen molar-refractivity contribution in [2.75, 3.05) is 6.61 Å². The van der Waals surface area contributed by atoms with E-state index in [2.05, 4.69) is 11.7 Å². The maximum atomic E-state index is 10.5. The van der Waals surface area contributed by atoms with Crippen LogP contribution in [-0.2, 0) is 4.74 Å². The average molecular weight is 273 g/mol. The molecular formula is C15H31NO3. The first kappa shape index (κ1) is 18.2. The van der Waals surface area contributed by atoms with Crippen molar-refractivity contribution in [2.45, 2.75) is 84.0 Å². The molecule has 0 spiro atoms. The molecule has 0 aromatic heterocycles. The van der Waals surface area contributed by atoms with Gasteiger partial charge in [-0.2, -0.15) is 0 Å². The van der Waals surface area contributed by atoms with Gasteiger partial charge in [0.15, 0.2) is 0 Å². The highest BCUT2D eigenvalue weighted by Gasteiger charge is 1.97. The van der Waals surface area contributed by atoms with Crippen LogP contribution < -0.4 is 5.48 Å². The lowest BCUT2D eigenvalue weighted by atomic mass is 10.1. The van der Waals surface area contributed by atoms with Crippen LogP contribution in [0.1, 0.15) is 84.0 Å². The summed E-state index contributed by atoms with van der Waals surface area (Å²) < 4.78 is 4.68. The molecule has 0 aliphatic heterocycles. The molecule has 0 heterocycles. The number of hydrogen-bond acceptors (Lipinski definition) is 3. The van der Waals surface area contributed by atoms with Crippen LogP contribution in [0.3, 0.4) is 0 Å². The van der Waals surface area contributed by atoms with Gasteiger partial charge in [0.2, 0.25) is 0 Å². The number of amides is 1. The predicted molar refractivity (Wildman–Crippen MR) is 77.3 cm³/mol. The summed E-state index contributed by atoms with van der Waals surface area (Å²) in [5.74, 6) is 0. The zero-order valence-electron chi connectivity index (χ0n) is 12.5. The number of rotatable bonds is 13. The number of carbonyl (C=O) groups excluding carboxylic acids is 1. The molecule has 0 atom stereocenters. The SMILES string of the molecule is CCCCCCCCCCCCCCOC(=O)NO. The molecule has 0 aromatic carbocycles. The number of hydroxylamine groups is 1. The summed E-state index contributed by atoms with van der Waals surface area (Å²) in [6.07, 6.45) is 14.7. The van der Waals surface area contributed by atoms with Crippen LogP contribution in [0.4, 0.5) is 4.79 Å². The minimum atomic E-state index is -0.761. The Morgan fingerprint density at radius 2 is 1.26 bits per heavy atom. The molecule has 0 rings (SSSR count). The van der Waals surface area contributed by atoms with Crippen molar-refractivity contribution in [3.05, 3.63) is 0 Å². The summed E-state index contributed by atoms with van der Waals surface area (Å²) in [7, 11) is 0. The molecule has 114 valence electrons. The maximum absolute atomic E-state index is 10.5. The normalized spacial score (nSPS) is 10.4. The van der Waals surface area contributed by atoms with Crippen LogP contribution in [0.15, 0.2) is 0 Å². The van der Waals surface area contributed by atoms with Crippen molar-refractivity contribution in [3.8, 4) is 0 Å². The van der Waals surface area contributed by atoms with Crippen molar-refractivity contribution >= 4 is 6.09 Å². The molecule has 0 saturated carbocycles. The summed E-state index contributed by atoms with van der Waals surface area (Å²) in [4.78, 5) is 10.5. The maximum Gasteiger partial charge on any atom is 0.431 e. The van der Waals surface area contributed by atoms with E-state index < -0.39 is 6.09 Å². The van der Waals surface area contributed by atoms with Gasteiger partial charge in [-0.3, -0.25) is 5.21 Å². The van der Waals surface area contributed by atoms with Crippen molar-refractivity contribution in [1.29, 1.82) is 0 Å². The minimum absolute atomic E-state index is 0.393. The van der Waals surface area contributed by atoms with E-state index in [4.69, 9.17) is 5.21 Å². The first-order chi connectivity index (χ1) is 9.31. The largest absolute Gasteiger partial charge is 0.448 e. The molecule has 1 amide bonds. The fraction of sp³-hybridized carbons (Fsp3) is 0.933. The Morgan fingerprint density at radius 1 is 0.842 bits per heavy atom. The summed E-state index contributed by atoms with van der Waals surface area (Å²) >= 11 is 0. The fourth-order valence-corrected chi connectivity index (χ4v) is 2.14. The second kappa shape index (κ2) is 15.3. The minimum Gasteiger partial charge on any atom is -0.448 e. The first-order valence-electron chi connectivity index (χ1n) is 7.88. The quantitative estimate of drug-likeness (QED) is 0.288. The Morgan fingerprint density at radius 3 is 1.68 bits per heavy atom. The number of nitrogens with one attached hydrogen (secondary N) is 1. The molecule has 2 N–H and O–H groups in total. The van der Waals surface area contributed by atoms with E-state index in [0.29, 0.717) is 6.61 Å². The molecule has 4 nitrogen and oxygen atoms in total. The first-order valence-corrected chi connectivity index (χ1v) is 7.88. The third-order valence-electron chi connectivity index (χ3n) is 3.32. The monoisotopic (exact) mass is 273 g/mol. The number of carbonyl (C=O) groups is 1. The third-order valence-corrected chi connectivity index (χ3v) is 3.32. The van der Waals surface area contributed by atoms with Crippen molar-refractivity contribution in [2.24, 2.45) is 0 Å². The molecular weight excluding hydrogens is 242 g/mol. The Kier molecular flexibility index (Phi) is 14.7. The molecule has 0 aliphatic rings. The second-order valence-corrected chi connectivity index (χ2v) is 5.14. The second-order valence-electron chi connectivity index (χ2n) is 5.14. The Hall–Kier alpha value is -0.770. The van der Waals surface area contributed by atoms with E-state index in [1.807, 2.05) is 0 Å². The molecule has 0 unspecified atom stereocenters. The van der Waals surface area contributed by atoms with Crippen LogP contribution >= 0.6 is 0 Å². The van der Waals surface area contributed by atoms with Crippen molar-refractivity contribution in [1.82, 2.24) is 5.48 Å². The molecule has 0 fully saturated rings. The van der Waals surface area contributed by atoms with E-state index in [1.54, 1.807) is 0 Å². The molecule has 0 bridgehead atoms. The van der Waals surface area contributed by atoms with Gasteiger partial charge in [0.05, 0.1) is 6.61 Å². The van der Waals surface area contributed by atoms with E-state index in [-0.39, 0.29) is 0 Å². The molecule has 0 radical (unpaired) electrons. The van der Waals surface area contributed by atoms with E-state index >= 15 is 0 Å². The van der Waals surface area contributed by atoms with Crippen LogP contribution in [0.25, 0.3) is 0 Å². The van der Waals surface area contributed by atoms with Crippen molar-refractivity contribution in [3.63, 3.8) is 0 Å². The molecule has 19 heavy (non-hydrogen) atoms. The van der Waals surface area contributed by atoms with Gasteiger partial charge in [-0.25, -0.2) is 10.3 Å². The van der Waals surface area contributed by atoms with Crippen LogP contribution in [0.2, 0.25) is 0 Å². The van der Waals surface area contributed by atoms with Crippen molar-refractivity contribution < 1.29 is 14.7 Å². The topological polar surface area (TPSA) is 58.6 Å². The fourth-order valence-electron chi connectivity index (χ4n) is 2.14. The van der Waals surface area contributed by atoms with E-state index in [1.165, 1.54) is 69.7 Å². The zero-order valence-corrected chi connectivity index (χ0v) is 12.5. The predicted octanol–water partition coefficient (Wildman–Crippen LogP) is 4.80. The van der Waals surface area contributed by atoms with Crippen LogP contribution in [0.5, 0.6) is 0 Å². The highest BCUT2D eigenvalue weighted by atomic mass is 16.6. The van der Waals surface area contributed by atoms with Gasteiger partial charge in [0, 0.05) is 0 Å². The molecule has 0 aliphatic carbocycles. The summed E-state index contributed by atoms with van der Waals surface area (Å²) in [5.41, 5.74) is 1.45. The van der Waals surface area contributed by atoms with E-state index in [9.17, 15) is 4.79 Å². The number of ether oxygens (including phenoxy) is 1. The summed E-state index contributed by atoms with van der Waals surface area (Å²) in [6.45, 7) is 2.64. The van der Waals surface area contributed by atoms with Gasteiger partial charge in [0.25, 0.3) is 0 Å². The van der Waals surface area contributed by atoms with Crippen LogP contribution in [-0.4, -0.2) is 17.9 Å². The Balaban J connectivity index is 2.97. The molecule has 0 saturated heterocycles. The van der Waals surface area contributed by atoms with E-state index in [0.717, 1.165) is 12.8 Å². The van der Waals surface area contributed by atoms with Gasteiger partial charge < -0.3 is 4.74 Å². The Bertz CT molecular complexity index is 198. The smallest absolute Gasteiger partial charge is 0.431 e. The lowest BCUT2D eigenvalue weighted by Gasteiger charge is -2.04. The highest BCUT2D eigenvalue weighted by molar-refractivity contribution is 5.65. The zero-order chi connectivity index (χ0) is 14.2. The standard InChI is InChI=1S/C15H31NO3/c1-2-3-4-5-6-7-8-9-10-11-12-13-14-19-15(17)16-18/h18H,2-14H2,1H3,(H,16,17). The molecule has 4 heteroatoms. The summed E-state index contributed by atoms with van der Waals surface area (Å²) in [6, 6.07) is 0. The summed E-state index contributed by atoms with van der Waals surface area (Å²) in [5, 5.41) is 8.20. The lowest BCUT2D eigenvalue weighted by Crippen LogP contribution is -2.20. The number of unbranched alkanes of at least 4 members (excludes halogenated alkanes) is 11.